The molecule has 4 heterocycles. The zero-order valence-electron chi connectivity index (χ0n) is 18.3. The summed E-state index contributed by atoms with van der Waals surface area (Å²) in [5.41, 5.74) is 1.92. The fraction of sp³-hybridized carbons (Fsp3) is 0.385. The predicted molar refractivity (Wildman–Crippen MR) is 127 cm³/mol. The number of aryl methyl sites for hydroxylation is 2. The highest BCUT2D eigenvalue weighted by molar-refractivity contribution is 5.78. The van der Waals surface area contributed by atoms with E-state index in [1.165, 1.54) is 12.8 Å². The Morgan fingerprint density at radius 3 is 1.47 bits per heavy atom. The minimum absolute atomic E-state index is 0.127. The molecule has 0 unspecified atom stereocenters. The van der Waals surface area contributed by atoms with Crippen molar-refractivity contribution in [1.29, 1.82) is 0 Å². The minimum Gasteiger partial charge on any atom is -0.296 e. The van der Waals surface area contributed by atoms with Crippen LogP contribution in [0.2, 0.25) is 0 Å². The maximum atomic E-state index is 12.2. The van der Waals surface area contributed by atoms with Crippen molar-refractivity contribution < 1.29 is 0 Å². The van der Waals surface area contributed by atoms with Crippen molar-refractivity contribution in [3.8, 4) is 0 Å². The third kappa shape index (κ3) is 3.97. The topological polar surface area (TPSA) is 69.8 Å². The van der Waals surface area contributed by atoms with Gasteiger partial charge in [-0.15, -0.1) is 0 Å². The molecule has 0 saturated carbocycles. The molecule has 0 fully saturated rings. The van der Waals surface area contributed by atoms with Gasteiger partial charge in [-0.25, -0.2) is 9.97 Å². The lowest BCUT2D eigenvalue weighted by Gasteiger charge is -2.09. The van der Waals surface area contributed by atoms with Crippen LogP contribution in [0.15, 0.2) is 58.1 Å². The average molecular weight is 429 g/mol. The monoisotopic (exact) mass is 428 g/mol. The summed E-state index contributed by atoms with van der Waals surface area (Å²) < 4.78 is 3.71. The molecule has 2 aromatic heterocycles. The number of para-hydroxylation sites is 2. The molecular weight excluding hydrogens is 400 g/mol. The van der Waals surface area contributed by atoms with E-state index in [1.54, 1.807) is 0 Å². The van der Waals surface area contributed by atoms with E-state index in [0.29, 0.717) is 0 Å². The second-order valence-corrected chi connectivity index (χ2v) is 8.63. The van der Waals surface area contributed by atoms with Crippen molar-refractivity contribution in [3.63, 3.8) is 0 Å². The van der Waals surface area contributed by atoms with Crippen LogP contribution >= 0.6 is 0 Å². The van der Waals surface area contributed by atoms with Gasteiger partial charge in [-0.05, 0) is 49.9 Å². The number of benzene rings is 2. The summed E-state index contributed by atoms with van der Waals surface area (Å²) in [6.45, 7) is 1.65. The third-order valence-corrected chi connectivity index (χ3v) is 6.45. The highest BCUT2D eigenvalue weighted by atomic mass is 16.1. The van der Waals surface area contributed by atoms with Crippen molar-refractivity contribution in [2.45, 2.75) is 64.5 Å². The average Bonchev–Trinajstić information content (AvgIpc) is 3.21. The zero-order valence-corrected chi connectivity index (χ0v) is 18.3. The van der Waals surface area contributed by atoms with Crippen LogP contribution in [0.4, 0.5) is 0 Å². The van der Waals surface area contributed by atoms with Gasteiger partial charge >= 0.3 is 0 Å². The molecule has 6 heteroatoms. The normalized spacial score (nSPS) is 15.8. The van der Waals surface area contributed by atoms with Gasteiger partial charge in [0, 0.05) is 25.9 Å². The number of hydrogen-bond donors (Lipinski definition) is 0. The Kier molecular flexibility index (Phi) is 5.84. The fourth-order valence-electron chi connectivity index (χ4n) is 4.73. The quantitative estimate of drug-likeness (QED) is 0.420. The number of hydrogen-bond acceptors (Lipinski definition) is 4. The van der Waals surface area contributed by atoms with Gasteiger partial charge in [-0.3, -0.25) is 18.7 Å². The number of rotatable bonds is 0. The molecule has 6 nitrogen and oxygen atoms in total. The molecule has 0 spiro atoms. The van der Waals surface area contributed by atoms with Gasteiger partial charge in [0.1, 0.15) is 11.6 Å². The predicted octanol–water partition coefficient (Wildman–Crippen LogP) is 4.25. The van der Waals surface area contributed by atoms with E-state index >= 15 is 0 Å². The maximum Gasteiger partial charge on any atom is 0.261 e. The van der Waals surface area contributed by atoms with Crippen LogP contribution in [-0.4, -0.2) is 19.1 Å². The van der Waals surface area contributed by atoms with E-state index in [4.69, 9.17) is 0 Å². The highest BCUT2D eigenvalue weighted by Crippen LogP contribution is 2.15. The first-order valence-electron chi connectivity index (χ1n) is 11.7. The van der Waals surface area contributed by atoms with Gasteiger partial charge in [0.05, 0.1) is 21.8 Å². The molecule has 0 radical (unpaired) electrons. The van der Waals surface area contributed by atoms with Gasteiger partial charge in [-0.1, -0.05) is 37.1 Å². The second-order valence-electron chi connectivity index (χ2n) is 8.63. The summed E-state index contributed by atoms with van der Waals surface area (Å²) in [5.74, 6) is 1.92. The van der Waals surface area contributed by atoms with Gasteiger partial charge in [0.25, 0.3) is 11.1 Å². The first kappa shape index (κ1) is 20.6. The molecule has 0 N–H and O–H groups in total. The van der Waals surface area contributed by atoms with Gasteiger partial charge < -0.3 is 0 Å². The Bertz CT molecular complexity index is 1280. The molecule has 32 heavy (non-hydrogen) atoms. The second kappa shape index (κ2) is 9.07. The Morgan fingerprint density at radius 2 is 1.00 bits per heavy atom. The van der Waals surface area contributed by atoms with Crippen molar-refractivity contribution in [2.24, 2.45) is 0 Å². The molecule has 0 aliphatic carbocycles. The lowest BCUT2D eigenvalue weighted by Crippen LogP contribution is -2.24. The van der Waals surface area contributed by atoms with Crippen LogP contribution in [-0.2, 0) is 25.9 Å². The summed E-state index contributed by atoms with van der Waals surface area (Å²) in [4.78, 5) is 33.7. The van der Waals surface area contributed by atoms with E-state index in [1.807, 2.05) is 57.7 Å². The zero-order chi connectivity index (χ0) is 21.9. The largest absolute Gasteiger partial charge is 0.296 e. The molecule has 0 atom stereocenters. The molecule has 0 saturated heterocycles. The summed E-state index contributed by atoms with van der Waals surface area (Å²) >= 11 is 0. The first-order valence-corrected chi connectivity index (χ1v) is 11.7. The molecular formula is C26H28N4O2. The van der Waals surface area contributed by atoms with E-state index in [9.17, 15) is 9.59 Å². The number of aromatic nitrogens is 4. The van der Waals surface area contributed by atoms with Crippen LogP contribution < -0.4 is 11.1 Å². The summed E-state index contributed by atoms with van der Waals surface area (Å²) in [6.07, 6.45) is 8.72. The molecule has 4 aromatic rings. The molecule has 0 amide bonds. The standard InChI is InChI=1S/2C13H14N2O/c2*16-13-10-6-3-4-7-11(10)14-12-8-2-1-5-9-15(12)13/h2*3-4,6-7H,1-2,5,8-9H2. The molecule has 2 aliphatic heterocycles. The van der Waals surface area contributed by atoms with Crippen LogP contribution in [0.5, 0.6) is 0 Å². The summed E-state index contributed by atoms with van der Waals surface area (Å²) in [7, 11) is 0. The minimum atomic E-state index is 0.127. The van der Waals surface area contributed by atoms with E-state index in [2.05, 4.69) is 9.97 Å². The van der Waals surface area contributed by atoms with Crippen LogP contribution in [0, 0.1) is 0 Å². The maximum absolute atomic E-state index is 12.2. The molecule has 2 aromatic carbocycles. The summed E-state index contributed by atoms with van der Waals surface area (Å²) in [5, 5.41) is 1.49. The fourth-order valence-corrected chi connectivity index (χ4v) is 4.73. The molecule has 2 aliphatic rings. The van der Waals surface area contributed by atoms with E-state index in [0.717, 1.165) is 85.1 Å². The Labute approximate surface area is 186 Å². The van der Waals surface area contributed by atoms with Crippen molar-refractivity contribution in [1.82, 2.24) is 19.1 Å². The third-order valence-electron chi connectivity index (χ3n) is 6.45. The van der Waals surface area contributed by atoms with Crippen molar-refractivity contribution in [2.75, 3.05) is 0 Å². The highest BCUT2D eigenvalue weighted by Gasteiger charge is 2.13. The number of nitrogens with zero attached hydrogens (tertiary/aromatic N) is 4. The molecule has 6 rings (SSSR count). The van der Waals surface area contributed by atoms with Crippen LogP contribution in [0.3, 0.4) is 0 Å². The smallest absolute Gasteiger partial charge is 0.261 e. The SMILES string of the molecule is O=c1c2ccccc2nc2n1CCCCC2.O=c1c2ccccc2nc2n1CCCCC2. The van der Waals surface area contributed by atoms with Gasteiger partial charge in [-0.2, -0.15) is 0 Å². The number of fused-ring (bicyclic) bond motifs is 4. The molecule has 0 bridgehead atoms. The Hall–Kier alpha value is -3.28. The van der Waals surface area contributed by atoms with Crippen molar-refractivity contribution in [3.05, 3.63) is 80.9 Å². The lowest BCUT2D eigenvalue weighted by atomic mass is 10.2. The lowest BCUT2D eigenvalue weighted by molar-refractivity contribution is 0.614. The Morgan fingerprint density at radius 1 is 0.562 bits per heavy atom. The molecule has 164 valence electrons. The van der Waals surface area contributed by atoms with Crippen LogP contribution in [0.25, 0.3) is 21.8 Å². The van der Waals surface area contributed by atoms with Crippen LogP contribution in [0.1, 0.15) is 50.2 Å². The first-order chi connectivity index (χ1) is 15.7. The van der Waals surface area contributed by atoms with Crippen molar-refractivity contribution >= 4 is 21.8 Å². The van der Waals surface area contributed by atoms with Gasteiger partial charge in [0.15, 0.2) is 0 Å². The van der Waals surface area contributed by atoms with Gasteiger partial charge in [0.2, 0.25) is 0 Å². The van der Waals surface area contributed by atoms with E-state index in [-0.39, 0.29) is 11.1 Å². The Balaban J connectivity index is 0.000000135. The summed E-state index contributed by atoms with van der Waals surface area (Å²) in [6, 6.07) is 15.2. The van der Waals surface area contributed by atoms with E-state index < -0.39 is 0 Å².